The number of benzene rings is 2. The lowest BCUT2D eigenvalue weighted by Gasteiger charge is -2.26. The highest BCUT2D eigenvalue weighted by atomic mass is 32.2. The first-order chi connectivity index (χ1) is 14.3. The van der Waals surface area contributed by atoms with Gasteiger partial charge in [0.1, 0.15) is 5.82 Å². The summed E-state index contributed by atoms with van der Waals surface area (Å²) in [4.78, 5) is 24.4. The van der Waals surface area contributed by atoms with Crippen molar-refractivity contribution < 1.29 is 22.4 Å². The maximum atomic E-state index is 13.6. The molecule has 0 radical (unpaired) electrons. The van der Waals surface area contributed by atoms with Crippen LogP contribution in [-0.4, -0.2) is 44.2 Å². The van der Waals surface area contributed by atoms with Crippen molar-refractivity contribution in [3.05, 3.63) is 59.4 Å². The van der Waals surface area contributed by atoms with Gasteiger partial charge < -0.3 is 10.6 Å². The van der Waals surface area contributed by atoms with E-state index >= 15 is 0 Å². The number of hydrogen-bond donors (Lipinski definition) is 2. The molecule has 2 aromatic rings. The van der Waals surface area contributed by atoms with E-state index in [1.165, 1.54) is 28.6 Å². The monoisotopic (exact) mass is 433 g/mol. The third-order valence-electron chi connectivity index (χ3n) is 4.93. The number of halogens is 1. The minimum atomic E-state index is -3.65. The van der Waals surface area contributed by atoms with Crippen LogP contribution in [0.4, 0.5) is 10.1 Å². The fourth-order valence-electron chi connectivity index (χ4n) is 3.31. The van der Waals surface area contributed by atoms with E-state index in [0.717, 1.165) is 25.3 Å². The summed E-state index contributed by atoms with van der Waals surface area (Å²) in [6.45, 7) is 2.30. The van der Waals surface area contributed by atoms with Crippen molar-refractivity contribution in [3.63, 3.8) is 0 Å². The Balaban J connectivity index is 1.67. The van der Waals surface area contributed by atoms with Gasteiger partial charge in [0.25, 0.3) is 5.91 Å². The standard InChI is InChI=1S/C21H24FN3O4S/c1-15-9-10-16(13-19(15)30(28,29)25-11-5-2-6-12-25)24-20(26)14-23-21(27)17-7-3-4-8-18(17)22/h3-4,7-10,13H,2,5-6,11-12,14H2,1H3,(H,23,27)(H,24,26). The van der Waals surface area contributed by atoms with E-state index in [9.17, 15) is 22.4 Å². The molecule has 0 atom stereocenters. The number of nitrogens with one attached hydrogen (secondary N) is 2. The molecule has 1 heterocycles. The molecule has 0 saturated carbocycles. The molecule has 160 valence electrons. The lowest BCUT2D eigenvalue weighted by molar-refractivity contribution is -0.115. The van der Waals surface area contributed by atoms with E-state index in [1.54, 1.807) is 19.1 Å². The van der Waals surface area contributed by atoms with Gasteiger partial charge in [0.05, 0.1) is 17.0 Å². The minimum Gasteiger partial charge on any atom is -0.343 e. The van der Waals surface area contributed by atoms with Crippen LogP contribution < -0.4 is 10.6 Å². The Morgan fingerprint density at radius 3 is 2.47 bits per heavy atom. The molecular weight excluding hydrogens is 409 g/mol. The summed E-state index contributed by atoms with van der Waals surface area (Å²) in [5, 5.41) is 4.93. The van der Waals surface area contributed by atoms with Gasteiger partial charge in [0.2, 0.25) is 15.9 Å². The SMILES string of the molecule is Cc1ccc(NC(=O)CNC(=O)c2ccccc2F)cc1S(=O)(=O)N1CCCCC1. The van der Waals surface area contributed by atoms with Crippen molar-refractivity contribution in [3.8, 4) is 0 Å². The van der Waals surface area contributed by atoms with Crippen LogP contribution in [0.15, 0.2) is 47.4 Å². The van der Waals surface area contributed by atoms with E-state index in [4.69, 9.17) is 0 Å². The Morgan fingerprint density at radius 2 is 1.77 bits per heavy atom. The van der Waals surface area contributed by atoms with Crippen molar-refractivity contribution in [2.24, 2.45) is 0 Å². The second kappa shape index (κ2) is 9.36. The summed E-state index contributed by atoms with van der Waals surface area (Å²) in [5.41, 5.74) is 0.739. The van der Waals surface area contributed by atoms with Crippen molar-refractivity contribution >= 4 is 27.5 Å². The van der Waals surface area contributed by atoms with Gasteiger partial charge in [-0.05, 0) is 49.6 Å². The van der Waals surface area contributed by atoms with E-state index in [1.807, 2.05) is 0 Å². The van der Waals surface area contributed by atoms with E-state index in [-0.39, 0.29) is 17.0 Å². The molecule has 2 amide bonds. The summed E-state index contributed by atoms with van der Waals surface area (Å²) < 4.78 is 41.0. The van der Waals surface area contributed by atoms with Crippen LogP contribution in [-0.2, 0) is 14.8 Å². The number of piperidine rings is 1. The van der Waals surface area contributed by atoms with E-state index < -0.39 is 27.7 Å². The van der Waals surface area contributed by atoms with Crippen molar-refractivity contribution in [2.75, 3.05) is 25.0 Å². The number of carbonyl (C=O) groups excluding carboxylic acids is 2. The lowest BCUT2D eigenvalue weighted by atomic mass is 10.2. The first-order valence-electron chi connectivity index (χ1n) is 9.72. The van der Waals surface area contributed by atoms with Crippen LogP contribution >= 0.6 is 0 Å². The number of nitrogens with zero attached hydrogens (tertiary/aromatic N) is 1. The van der Waals surface area contributed by atoms with Crippen LogP contribution in [0.2, 0.25) is 0 Å². The first-order valence-corrected chi connectivity index (χ1v) is 11.2. The van der Waals surface area contributed by atoms with Gasteiger partial charge in [-0.3, -0.25) is 9.59 Å². The van der Waals surface area contributed by atoms with E-state index in [2.05, 4.69) is 10.6 Å². The molecule has 0 aromatic heterocycles. The zero-order valence-electron chi connectivity index (χ0n) is 16.7. The molecule has 2 N–H and O–H groups in total. The lowest BCUT2D eigenvalue weighted by Crippen LogP contribution is -2.36. The molecule has 1 saturated heterocycles. The second-order valence-corrected chi connectivity index (χ2v) is 9.06. The number of anilines is 1. The zero-order chi connectivity index (χ0) is 21.7. The Hall–Kier alpha value is -2.78. The van der Waals surface area contributed by atoms with Crippen LogP contribution in [0.3, 0.4) is 0 Å². The summed E-state index contributed by atoms with van der Waals surface area (Å²) in [7, 11) is -3.65. The van der Waals surface area contributed by atoms with Gasteiger partial charge >= 0.3 is 0 Å². The van der Waals surface area contributed by atoms with Gasteiger partial charge in [-0.15, -0.1) is 0 Å². The predicted octanol–water partition coefficient (Wildman–Crippen LogP) is 2.68. The maximum absolute atomic E-state index is 13.6. The summed E-state index contributed by atoms with van der Waals surface area (Å²) >= 11 is 0. The summed E-state index contributed by atoms with van der Waals surface area (Å²) in [5.74, 6) is -1.94. The Labute approximate surface area is 175 Å². The number of carbonyl (C=O) groups is 2. The molecule has 0 spiro atoms. The second-order valence-electron chi connectivity index (χ2n) is 7.16. The highest BCUT2D eigenvalue weighted by Gasteiger charge is 2.27. The Kier molecular flexibility index (Phi) is 6.84. The first kappa shape index (κ1) is 21.9. The van der Waals surface area contributed by atoms with Crippen LogP contribution in [0, 0.1) is 12.7 Å². The number of aryl methyl sites for hydroxylation is 1. The largest absolute Gasteiger partial charge is 0.343 e. The molecule has 1 aliphatic heterocycles. The van der Waals surface area contributed by atoms with Gasteiger partial charge in [-0.1, -0.05) is 24.6 Å². The van der Waals surface area contributed by atoms with Gasteiger partial charge in [-0.2, -0.15) is 4.31 Å². The van der Waals surface area contributed by atoms with Crippen molar-refractivity contribution in [2.45, 2.75) is 31.1 Å². The molecule has 30 heavy (non-hydrogen) atoms. The highest BCUT2D eigenvalue weighted by Crippen LogP contribution is 2.26. The molecule has 0 bridgehead atoms. The average molecular weight is 434 g/mol. The third-order valence-corrected chi connectivity index (χ3v) is 6.97. The fourth-order valence-corrected chi connectivity index (χ4v) is 5.07. The molecule has 0 unspecified atom stereocenters. The van der Waals surface area contributed by atoms with Crippen LogP contribution in [0.1, 0.15) is 35.2 Å². The van der Waals surface area contributed by atoms with Crippen LogP contribution in [0.5, 0.6) is 0 Å². The van der Waals surface area contributed by atoms with Gasteiger partial charge in [-0.25, -0.2) is 12.8 Å². The van der Waals surface area contributed by atoms with Gasteiger partial charge in [0, 0.05) is 18.8 Å². The molecule has 2 aromatic carbocycles. The average Bonchev–Trinajstić information content (AvgIpc) is 2.74. The minimum absolute atomic E-state index is 0.151. The quantitative estimate of drug-likeness (QED) is 0.732. The summed E-state index contributed by atoms with van der Waals surface area (Å²) in [6.07, 6.45) is 2.67. The number of amides is 2. The molecule has 3 rings (SSSR count). The van der Waals surface area contributed by atoms with E-state index in [0.29, 0.717) is 24.3 Å². The van der Waals surface area contributed by atoms with Crippen molar-refractivity contribution in [1.29, 1.82) is 0 Å². The predicted molar refractivity (Wildman–Crippen MR) is 111 cm³/mol. The topological polar surface area (TPSA) is 95.6 Å². The third kappa shape index (κ3) is 5.03. The highest BCUT2D eigenvalue weighted by molar-refractivity contribution is 7.89. The zero-order valence-corrected chi connectivity index (χ0v) is 17.5. The molecule has 0 aliphatic carbocycles. The molecule has 1 aliphatic rings. The molecule has 7 nitrogen and oxygen atoms in total. The number of rotatable bonds is 6. The van der Waals surface area contributed by atoms with Gasteiger partial charge in [0.15, 0.2) is 0 Å². The Bertz CT molecular complexity index is 1050. The molecular formula is C21H24FN3O4S. The Morgan fingerprint density at radius 1 is 1.07 bits per heavy atom. The van der Waals surface area contributed by atoms with Crippen LogP contribution in [0.25, 0.3) is 0 Å². The normalized spacial score (nSPS) is 14.9. The summed E-state index contributed by atoms with van der Waals surface area (Å²) in [6, 6.07) is 10.1. The molecule has 1 fully saturated rings. The van der Waals surface area contributed by atoms with Crippen molar-refractivity contribution in [1.82, 2.24) is 9.62 Å². The smallest absolute Gasteiger partial charge is 0.254 e. The fraction of sp³-hybridized carbons (Fsp3) is 0.333. The number of hydrogen-bond acceptors (Lipinski definition) is 4. The number of sulfonamides is 1. The maximum Gasteiger partial charge on any atom is 0.254 e. The molecule has 9 heteroatoms.